The van der Waals surface area contributed by atoms with E-state index in [1.165, 1.54) is 0 Å². The standard InChI is InChI=1S/C18H17BrCl2N2O2S/c1-10(2)9-25-16-6-3-11(19)7-13(16)17(24)23-18(26)22-15-8-12(20)4-5-14(15)21/h3-8,10H,9H2,1-2H3,(H2,22,23,24,26). The lowest BCUT2D eigenvalue weighted by atomic mass is 10.2. The van der Waals surface area contributed by atoms with E-state index in [1.54, 1.807) is 30.3 Å². The SMILES string of the molecule is CC(C)COc1ccc(Br)cc1C(=O)NC(=S)Nc1cc(Cl)ccc1Cl. The molecule has 0 aliphatic heterocycles. The van der Waals surface area contributed by atoms with E-state index in [0.29, 0.717) is 39.6 Å². The smallest absolute Gasteiger partial charge is 0.261 e. The number of carbonyl (C=O) groups excluding carboxylic acids is 1. The maximum atomic E-state index is 12.6. The third-order valence-corrected chi connectivity index (χ3v) is 4.42. The van der Waals surface area contributed by atoms with Crippen molar-refractivity contribution < 1.29 is 9.53 Å². The summed E-state index contributed by atoms with van der Waals surface area (Å²) in [6.07, 6.45) is 0. The molecule has 0 atom stereocenters. The molecule has 0 spiro atoms. The van der Waals surface area contributed by atoms with Crippen LogP contribution in [0.25, 0.3) is 0 Å². The average molecular weight is 476 g/mol. The minimum absolute atomic E-state index is 0.106. The Labute approximate surface area is 176 Å². The number of hydrogen-bond donors (Lipinski definition) is 2. The Morgan fingerprint density at radius 3 is 2.65 bits per heavy atom. The van der Waals surface area contributed by atoms with Gasteiger partial charge in [0.15, 0.2) is 5.11 Å². The maximum absolute atomic E-state index is 12.6. The van der Waals surface area contributed by atoms with Gasteiger partial charge in [0.05, 0.1) is 22.9 Å². The van der Waals surface area contributed by atoms with Crippen molar-refractivity contribution in [3.05, 3.63) is 56.5 Å². The molecule has 2 aromatic carbocycles. The Balaban J connectivity index is 2.12. The third kappa shape index (κ3) is 6.13. The molecular formula is C18H17BrCl2N2O2S. The summed E-state index contributed by atoms with van der Waals surface area (Å²) < 4.78 is 6.49. The molecule has 0 radical (unpaired) electrons. The Morgan fingerprint density at radius 2 is 1.96 bits per heavy atom. The summed E-state index contributed by atoms with van der Waals surface area (Å²) in [7, 11) is 0. The summed E-state index contributed by atoms with van der Waals surface area (Å²) >= 11 is 20.6. The van der Waals surface area contributed by atoms with Gasteiger partial charge in [-0.1, -0.05) is 53.0 Å². The maximum Gasteiger partial charge on any atom is 0.261 e. The summed E-state index contributed by atoms with van der Waals surface area (Å²) in [6.45, 7) is 4.57. The van der Waals surface area contributed by atoms with Gasteiger partial charge < -0.3 is 10.1 Å². The van der Waals surface area contributed by atoms with Crippen LogP contribution in [0.2, 0.25) is 10.0 Å². The zero-order chi connectivity index (χ0) is 19.3. The van der Waals surface area contributed by atoms with Crippen LogP contribution in [0.3, 0.4) is 0 Å². The van der Waals surface area contributed by atoms with Crippen molar-refractivity contribution in [1.29, 1.82) is 0 Å². The Bertz CT molecular complexity index is 831. The lowest BCUT2D eigenvalue weighted by Gasteiger charge is -2.15. The highest BCUT2D eigenvalue weighted by Gasteiger charge is 2.16. The van der Waals surface area contributed by atoms with E-state index in [-0.39, 0.29) is 11.0 Å². The first-order valence-electron chi connectivity index (χ1n) is 7.76. The number of rotatable bonds is 5. The number of thiocarbonyl (C=S) groups is 1. The van der Waals surface area contributed by atoms with Crippen molar-refractivity contribution in [2.24, 2.45) is 5.92 Å². The lowest BCUT2D eigenvalue weighted by molar-refractivity contribution is 0.0973. The van der Waals surface area contributed by atoms with E-state index in [1.807, 2.05) is 19.9 Å². The molecule has 8 heteroatoms. The van der Waals surface area contributed by atoms with Crippen LogP contribution in [0.5, 0.6) is 5.75 Å². The van der Waals surface area contributed by atoms with Crippen LogP contribution in [0, 0.1) is 5.92 Å². The van der Waals surface area contributed by atoms with Crippen molar-refractivity contribution in [1.82, 2.24) is 5.32 Å². The van der Waals surface area contributed by atoms with Gasteiger partial charge in [0.2, 0.25) is 0 Å². The fourth-order valence-corrected chi connectivity index (χ4v) is 2.88. The van der Waals surface area contributed by atoms with Crippen LogP contribution in [0.1, 0.15) is 24.2 Å². The molecule has 0 heterocycles. The highest BCUT2D eigenvalue weighted by molar-refractivity contribution is 9.10. The summed E-state index contributed by atoms with van der Waals surface area (Å²) in [6, 6.07) is 10.2. The van der Waals surface area contributed by atoms with Gasteiger partial charge in [-0.3, -0.25) is 10.1 Å². The number of ether oxygens (including phenoxy) is 1. The van der Waals surface area contributed by atoms with Crippen LogP contribution in [0.4, 0.5) is 5.69 Å². The highest BCUT2D eigenvalue weighted by atomic mass is 79.9. The molecule has 2 rings (SSSR count). The van der Waals surface area contributed by atoms with Crippen LogP contribution in [-0.4, -0.2) is 17.6 Å². The van der Waals surface area contributed by atoms with Crippen molar-refractivity contribution >= 4 is 68.1 Å². The van der Waals surface area contributed by atoms with Gasteiger partial charge >= 0.3 is 0 Å². The number of hydrogen-bond acceptors (Lipinski definition) is 3. The summed E-state index contributed by atoms with van der Waals surface area (Å²) in [5, 5.41) is 6.54. The van der Waals surface area contributed by atoms with Gasteiger partial charge in [0.1, 0.15) is 5.75 Å². The number of carbonyl (C=O) groups is 1. The first-order chi connectivity index (χ1) is 12.3. The molecule has 0 unspecified atom stereocenters. The fourth-order valence-electron chi connectivity index (χ4n) is 1.98. The molecule has 0 saturated heterocycles. The van der Waals surface area contributed by atoms with Crippen molar-refractivity contribution in [3.8, 4) is 5.75 Å². The molecule has 138 valence electrons. The second-order valence-electron chi connectivity index (χ2n) is 5.88. The second-order valence-corrected chi connectivity index (χ2v) is 8.05. The molecule has 0 saturated carbocycles. The van der Waals surface area contributed by atoms with Crippen LogP contribution in [-0.2, 0) is 0 Å². The molecule has 4 nitrogen and oxygen atoms in total. The summed E-state index contributed by atoms with van der Waals surface area (Å²) in [4.78, 5) is 12.6. The zero-order valence-electron chi connectivity index (χ0n) is 14.1. The number of amides is 1. The molecule has 0 aliphatic rings. The molecule has 1 amide bonds. The first kappa shape index (κ1) is 21.0. The molecule has 26 heavy (non-hydrogen) atoms. The summed E-state index contributed by atoms with van der Waals surface area (Å²) in [5.74, 6) is 0.436. The van der Waals surface area contributed by atoms with Gasteiger partial charge in [0, 0.05) is 9.50 Å². The second kappa shape index (κ2) is 9.55. The minimum atomic E-state index is -0.388. The monoisotopic (exact) mass is 474 g/mol. The predicted octanol–water partition coefficient (Wildman–Crippen LogP) is 5.92. The molecule has 2 N–H and O–H groups in total. The summed E-state index contributed by atoms with van der Waals surface area (Å²) in [5.41, 5.74) is 0.886. The van der Waals surface area contributed by atoms with Gasteiger partial charge in [0.25, 0.3) is 5.91 Å². The van der Waals surface area contributed by atoms with E-state index in [2.05, 4.69) is 26.6 Å². The van der Waals surface area contributed by atoms with Crippen molar-refractivity contribution in [2.45, 2.75) is 13.8 Å². The molecule has 2 aromatic rings. The first-order valence-corrected chi connectivity index (χ1v) is 9.71. The minimum Gasteiger partial charge on any atom is -0.492 e. The van der Waals surface area contributed by atoms with Crippen LogP contribution >= 0.6 is 51.3 Å². The molecule has 0 aromatic heterocycles. The van der Waals surface area contributed by atoms with E-state index >= 15 is 0 Å². The third-order valence-electron chi connectivity index (χ3n) is 3.16. The van der Waals surface area contributed by atoms with Crippen molar-refractivity contribution in [3.63, 3.8) is 0 Å². The van der Waals surface area contributed by atoms with Gasteiger partial charge in [-0.15, -0.1) is 0 Å². The predicted molar refractivity (Wildman–Crippen MR) is 115 cm³/mol. The van der Waals surface area contributed by atoms with E-state index in [0.717, 1.165) is 4.47 Å². The number of anilines is 1. The number of nitrogens with one attached hydrogen (secondary N) is 2. The quantitative estimate of drug-likeness (QED) is 0.527. The largest absolute Gasteiger partial charge is 0.492 e. The Hall–Kier alpha value is -1.34. The number of benzene rings is 2. The Morgan fingerprint density at radius 1 is 1.23 bits per heavy atom. The zero-order valence-corrected chi connectivity index (χ0v) is 18.0. The Kier molecular flexibility index (Phi) is 7.70. The van der Waals surface area contributed by atoms with Crippen LogP contribution in [0.15, 0.2) is 40.9 Å². The van der Waals surface area contributed by atoms with Gasteiger partial charge in [-0.2, -0.15) is 0 Å². The molecule has 0 bridgehead atoms. The molecule has 0 fully saturated rings. The van der Waals surface area contributed by atoms with Crippen molar-refractivity contribution in [2.75, 3.05) is 11.9 Å². The van der Waals surface area contributed by atoms with E-state index in [4.69, 9.17) is 40.2 Å². The van der Waals surface area contributed by atoms with E-state index < -0.39 is 0 Å². The van der Waals surface area contributed by atoms with Gasteiger partial charge in [-0.05, 0) is 54.5 Å². The van der Waals surface area contributed by atoms with E-state index in [9.17, 15) is 4.79 Å². The lowest BCUT2D eigenvalue weighted by Crippen LogP contribution is -2.34. The molecular weight excluding hydrogens is 459 g/mol. The number of halogens is 3. The average Bonchev–Trinajstić information content (AvgIpc) is 2.56. The highest BCUT2D eigenvalue weighted by Crippen LogP contribution is 2.26. The normalized spacial score (nSPS) is 10.5. The molecule has 0 aliphatic carbocycles. The van der Waals surface area contributed by atoms with Gasteiger partial charge in [-0.25, -0.2) is 0 Å². The topological polar surface area (TPSA) is 50.4 Å². The fraction of sp³-hybridized carbons (Fsp3) is 0.222. The van der Waals surface area contributed by atoms with Crippen LogP contribution < -0.4 is 15.4 Å².